The fourth-order valence-corrected chi connectivity index (χ4v) is 4.92. The van der Waals surface area contributed by atoms with Crippen LogP contribution in [0.2, 0.25) is 0 Å². The van der Waals surface area contributed by atoms with E-state index in [1.807, 2.05) is 43.3 Å². The van der Waals surface area contributed by atoms with Crippen molar-refractivity contribution >= 4 is 39.4 Å². The second kappa shape index (κ2) is 7.54. The number of hydrogen-bond donors (Lipinski definition) is 1. The van der Waals surface area contributed by atoms with Gasteiger partial charge in [0.15, 0.2) is 0 Å². The lowest BCUT2D eigenvalue weighted by atomic mass is 10.1. The lowest BCUT2D eigenvalue weighted by Crippen LogP contribution is -2.47. The molecule has 2 aliphatic heterocycles. The van der Waals surface area contributed by atoms with E-state index < -0.39 is 5.92 Å². The number of nitrogens with one attached hydrogen (secondary N) is 1. The Bertz CT molecular complexity index is 1290. The van der Waals surface area contributed by atoms with Gasteiger partial charge in [-0.1, -0.05) is 12.1 Å². The van der Waals surface area contributed by atoms with E-state index in [4.69, 9.17) is 4.98 Å². The van der Waals surface area contributed by atoms with Gasteiger partial charge in [-0.05, 0) is 36.8 Å². The molecule has 4 aromatic rings. The third-order valence-corrected chi connectivity index (χ3v) is 6.68. The van der Waals surface area contributed by atoms with Crippen LogP contribution >= 0.6 is 0 Å². The van der Waals surface area contributed by atoms with Gasteiger partial charge >= 0.3 is 0 Å². The molecule has 0 spiro atoms. The van der Waals surface area contributed by atoms with Crippen LogP contribution in [-0.2, 0) is 0 Å². The van der Waals surface area contributed by atoms with E-state index in [1.54, 1.807) is 11.2 Å². The molecule has 170 valence electrons. The van der Waals surface area contributed by atoms with Crippen LogP contribution in [0.5, 0.6) is 0 Å². The van der Waals surface area contributed by atoms with E-state index in [0.717, 1.165) is 71.1 Å². The summed E-state index contributed by atoms with van der Waals surface area (Å²) >= 11 is 0. The molecule has 0 saturated carbocycles. The van der Waals surface area contributed by atoms with Gasteiger partial charge in [-0.3, -0.25) is 0 Å². The number of fused-ring (bicyclic) bond motifs is 2. The van der Waals surface area contributed by atoms with Gasteiger partial charge in [0.25, 0.3) is 5.92 Å². The molecule has 6 rings (SSSR count). The summed E-state index contributed by atoms with van der Waals surface area (Å²) < 4.78 is 27.6. The molecule has 2 aromatic heterocycles. The van der Waals surface area contributed by atoms with Gasteiger partial charge < -0.3 is 19.7 Å². The predicted octanol–water partition coefficient (Wildman–Crippen LogP) is 3.99. The minimum absolute atomic E-state index is 0.105. The Hall–Kier alpha value is -3.49. The number of benzene rings is 2. The highest BCUT2D eigenvalue weighted by atomic mass is 19.3. The van der Waals surface area contributed by atoms with Gasteiger partial charge in [-0.25, -0.2) is 23.7 Å². The molecule has 1 N–H and O–H groups in total. The number of aromatic nitrogens is 4. The second-order valence-electron chi connectivity index (χ2n) is 8.94. The zero-order chi connectivity index (χ0) is 22.6. The van der Waals surface area contributed by atoms with Crippen molar-refractivity contribution in [2.24, 2.45) is 0 Å². The van der Waals surface area contributed by atoms with E-state index in [1.165, 1.54) is 0 Å². The van der Waals surface area contributed by atoms with E-state index in [-0.39, 0.29) is 13.0 Å². The summed E-state index contributed by atoms with van der Waals surface area (Å²) in [6.07, 6.45) is 1.49. The lowest BCUT2D eigenvalue weighted by Gasteiger charge is -2.35. The summed E-state index contributed by atoms with van der Waals surface area (Å²) in [7, 11) is 0. The SMILES string of the molecule is Cc1cc(N2CCC(F)(F)C2)cc2c(N3CCN(c4nc5ccccc5[nH]4)CC3)ncnc12. The first-order valence-corrected chi connectivity index (χ1v) is 11.3. The molecule has 2 aliphatic rings. The maximum absolute atomic E-state index is 13.8. The molecule has 2 aromatic carbocycles. The summed E-state index contributed by atoms with van der Waals surface area (Å²) in [6, 6.07) is 12.0. The average Bonchev–Trinajstić information content (AvgIpc) is 3.42. The molecule has 7 nitrogen and oxygen atoms in total. The van der Waals surface area contributed by atoms with Crippen LogP contribution in [0.25, 0.3) is 21.9 Å². The molecule has 0 bridgehead atoms. The zero-order valence-corrected chi connectivity index (χ0v) is 18.4. The summed E-state index contributed by atoms with van der Waals surface area (Å²) in [5.74, 6) is -0.886. The molecule has 2 saturated heterocycles. The molecular weight excluding hydrogens is 424 g/mol. The number of para-hydroxylation sites is 2. The maximum atomic E-state index is 13.8. The number of halogens is 2. The number of piperazine rings is 1. The van der Waals surface area contributed by atoms with Crippen LogP contribution in [0.3, 0.4) is 0 Å². The molecular formula is C24H25F2N7. The highest BCUT2D eigenvalue weighted by molar-refractivity contribution is 5.94. The average molecular weight is 450 g/mol. The van der Waals surface area contributed by atoms with Crippen molar-refractivity contribution in [1.29, 1.82) is 0 Å². The van der Waals surface area contributed by atoms with Crippen molar-refractivity contribution in [3.63, 3.8) is 0 Å². The molecule has 9 heteroatoms. The molecule has 33 heavy (non-hydrogen) atoms. The topological polar surface area (TPSA) is 64.2 Å². The van der Waals surface area contributed by atoms with Crippen LogP contribution < -0.4 is 14.7 Å². The number of aromatic amines is 1. The summed E-state index contributed by atoms with van der Waals surface area (Å²) in [6.45, 7) is 5.29. The van der Waals surface area contributed by atoms with Crippen molar-refractivity contribution in [2.45, 2.75) is 19.3 Å². The Morgan fingerprint density at radius 3 is 2.48 bits per heavy atom. The van der Waals surface area contributed by atoms with E-state index in [0.29, 0.717) is 6.54 Å². The minimum atomic E-state index is -2.63. The highest BCUT2D eigenvalue weighted by Crippen LogP contribution is 2.35. The van der Waals surface area contributed by atoms with Gasteiger partial charge in [-0.2, -0.15) is 0 Å². The maximum Gasteiger partial charge on any atom is 0.266 e. The molecule has 4 heterocycles. The normalized spacial score (nSPS) is 18.6. The first kappa shape index (κ1) is 20.1. The van der Waals surface area contributed by atoms with Gasteiger partial charge in [0.05, 0.1) is 23.1 Å². The van der Waals surface area contributed by atoms with Crippen molar-refractivity contribution in [2.75, 3.05) is 54.0 Å². The Balaban J connectivity index is 1.27. The Labute approximate surface area is 190 Å². The molecule has 0 aliphatic carbocycles. The van der Waals surface area contributed by atoms with Crippen LogP contribution in [0.1, 0.15) is 12.0 Å². The number of nitrogens with zero attached hydrogens (tertiary/aromatic N) is 6. The van der Waals surface area contributed by atoms with E-state index >= 15 is 0 Å². The van der Waals surface area contributed by atoms with Crippen molar-refractivity contribution in [3.8, 4) is 0 Å². The monoisotopic (exact) mass is 449 g/mol. The Morgan fingerprint density at radius 2 is 1.73 bits per heavy atom. The highest BCUT2D eigenvalue weighted by Gasteiger charge is 2.38. The van der Waals surface area contributed by atoms with E-state index in [9.17, 15) is 8.78 Å². The van der Waals surface area contributed by atoms with Crippen molar-refractivity contribution in [3.05, 3.63) is 48.3 Å². The van der Waals surface area contributed by atoms with Gasteiger partial charge in [0, 0.05) is 50.2 Å². The standard InChI is InChI=1S/C24H25F2N7/c1-16-12-17(33-7-6-24(25,26)14-33)13-18-21(16)27-15-28-22(18)31-8-10-32(11-9-31)23-29-19-4-2-3-5-20(19)30-23/h2-5,12-13,15H,6-11,14H2,1H3,(H,29,30). The first-order chi connectivity index (χ1) is 16.0. The number of hydrogen-bond acceptors (Lipinski definition) is 6. The third kappa shape index (κ3) is 3.61. The number of rotatable bonds is 3. The smallest absolute Gasteiger partial charge is 0.266 e. The summed E-state index contributed by atoms with van der Waals surface area (Å²) in [4.78, 5) is 23.5. The number of anilines is 3. The lowest BCUT2D eigenvalue weighted by molar-refractivity contribution is 0.0257. The predicted molar refractivity (Wildman–Crippen MR) is 127 cm³/mol. The number of H-pyrrole nitrogens is 1. The van der Waals surface area contributed by atoms with Gasteiger partial charge in [-0.15, -0.1) is 0 Å². The summed E-state index contributed by atoms with van der Waals surface area (Å²) in [5.41, 5.74) is 4.66. The van der Waals surface area contributed by atoms with Gasteiger partial charge in [0.1, 0.15) is 12.1 Å². The number of aryl methyl sites for hydroxylation is 1. The second-order valence-corrected chi connectivity index (χ2v) is 8.94. The zero-order valence-electron chi connectivity index (χ0n) is 18.4. The number of alkyl halides is 2. The minimum Gasteiger partial charge on any atom is -0.365 e. The molecule has 0 amide bonds. The Morgan fingerprint density at radius 1 is 0.939 bits per heavy atom. The Kier molecular flexibility index (Phi) is 4.60. The third-order valence-electron chi connectivity index (χ3n) is 6.68. The molecule has 0 atom stereocenters. The molecule has 0 unspecified atom stereocenters. The largest absolute Gasteiger partial charge is 0.365 e. The molecule has 0 radical (unpaired) electrons. The summed E-state index contributed by atoms with van der Waals surface area (Å²) in [5, 5.41) is 0.917. The number of imidazole rings is 1. The van der Waals surface area contributed by atoms with Crippen LogP contribution in [-0.4, -0.2) is 65.1 Å². The quantitative estimate of drug-likeness (QED) is 0.510. The van der Waals surface area contributed by atoms with Crippen molar-refractivity contribution in [1.82, 2.24) is 19.9 Å². The van der Waals surface area contributed by atoms with Gasteiger partial charge in [0.2, 0.25) is 5.95 Å². The van der Waals surface area contributed by atoms with Crippen LogP contribution in [0, 0.1) is 6.92 Å². The van der Waals surface area contributed by atoms with Crippen LogP contribution in [0.4, 0.5) is 26.2 Å². The fourth-order valence-electron chi connectivity index (χ4n) is 4.92. The first-order valence-electron chi connectivity index (χ1n) is 11.3. The fraction of sp³-hybridized carbons (Fsp3) is 0.375. The molecule has 2 fully saturated rings. The van der Waals surface area contributed by atoms with E-state index in [2.05, 4.69) is 24.8 Å². The van der Waals surface area contributed by atoms with Crippen LogP contribution in [0.15, 0.2) is 42.7 Å². The van der Waals surface area contributed by atoms with Crippen molar-refractivity contribution < 1.29 is 8.78 Å².